The fourth-order valence-corrected chi connectivity index (χ4v) is 4.30. The molecule has 0 aromatic carbocycles. The van der Waals surface area contributed by atoms with Crippen LogP contribution in [-0.2, 0) is 9.47 Å². The normalized spacial score (nSPS) is 21.9. The van der Waals surface area contributed by atoms with Crippen LogP contribution in [0.3, 0.4) is 0 Å². The fraction of sp³-hybridized carbons (Fsp3) is 1.00. The van der Waals surface area contributed by atoms with Gasteiger partial charge in [0.2, 0.25) is 0 Å². The zero-order valence-electron chi connectivity index (χ0n) is 17.9. The molecule has 2 aliphatic heterocycles. The highest BCUT2D eigenvalue weighted by atomic mass is 16.5. The molecule has 4 nitrogen and oxygen atoms in total. The summed E-state index contributed by atoms with van der Waals surface area (Å²) < 4.78 is 11.4. The molecular weight excluding hydrogens is 324 g/mol. The molecule has 0 aromatic rings. The standard InChI is InChI=1S/C22H44N2O2/c1-19(2)25-17-15-23-11-7-21(8-12-23)5-6-22-9-13-24(14-10-22)16-18-26-20(3)4/h19-22H,5-18H2,1-4H3. The molecule has 0 N–H and O–H groups in total. The predicted molar refractivity (Wildman–Crippen MR) is 110 cm³/mol. The largest absolute Gasteiger partial charge is 0.377 e. The smallest absolute Gasteiger partial charge is 0.0596 e. The Labute approximate surface area is 162 Å². The van der Waals surface area contributed by atoms with Crippen molar-refractivity contribution in [2.45, 2.75) is 78.4 Å². The van der Waals surface area contributed by atoms with Gasteiger partial charge in [0.1, 0.15) is 0 Å². The second-order valence-corrected chi connectivity index (χ2v) is 8.99. The van der Waals surface area contributed by atoms with Gasteiger partial charge in [0.15, 0.2) is 0 Å². The summed E-state index contributed by atoms with van der Waals surface area (Å²) in [6.45, 7) is 17.6. The van der Waals surface area contributed by atoms with Crippen LogP contribution in [0.4, 0.5) is 0 Å². The Morgan fingerprint density at radius 1 is 0.654 bits per heavy atom. The topological polar surface area (TPSA) is 24.9 Å². The summed E-state index contributed by atoms with van der Waals surface area (Å²) in [7, 11) is 0. The minimum absolute atomic E-state index is 0.363. The summed E-state index contributed by atoms with van der Waals surface area (Å²) in [5, 5.41) is 0. The van der Waals surface area contributed by atoms with Crippen molar-refractivity contribution in [1.29, 1.82) is 0 Å². The Hall–Kier alpha value is -0.160. The second kappa shape index (κ2) is 12.3. The van der Waals surface area contributed by atoms with Gasteiger partial charge in [-0.1, -0.05) is 12.8 Å². The van der Waals surface area contributed by atoms with E-state index < -0.39 is 0 Å². The summed E-state index contributed by atoms with van der Waals surface area (Å²) in [5.41, 5.74) is 0. The number of piperidine rings is 2. The molecule has 0 amide bonds. The number of nitrogens with zero attached hydrogens (tertiary/aromatic N) is 2. The molecule has 0 spiro atoms. The molecule has 26 heavy (non-hydrogen) atoms. The lowest BCUT2D eigenvalue weighted by atomic mass is 9.85. The number of rotatable bonds is 11. The van der Waals surface area contributed by atoms with Crippen LogP contribution >= 0.6 is 0 Å². The maximum Gasteiger partial charge on any atom is 0.0596 e. The molecule has 0 aromatic heterocycles. The summed E-state index contributed by atoms with van der Waals surface area (Å²) in [6, 6.07) is 0. The van der Waals surface area contributed by atoms with E-state index in [0.717, 1.165) is 38.1 Å². The maximum absolute atomic E-state index is 5.69. The van der Waals surface area contributed by atoms with E-state index in [1.54, 1.807) is 0 Å². The van der Waals surface area contributed by atoms with Gasteiger partial charge in [0.05, 0.1) is 25.4 Å². The highest BCUT2D eigenvalue weighted by molar-refractivity contribution is 4.76. The minimum Gasteiger partial charge on any atom is -0.377 e. The van der Waals surface area contributed by atoms with Gasteiger partial charge in [0.25, 0.3) is 0 Å². The second-order valence-electron chi connectivity index (χ2n) is 8.99. The van der Waals surface area contributed by atoms with E-state index in [1.807, 2.05) is 0 Å². The lowest BCUT2D eigenvalue weighted by molar-refractivity contribution is 0.0470. The van der Waals surface area contributed by atoms with Crippen molar-refractivity contribution < 1.29 is 9.47 Å². The van der Waals surface area contributed by atoms with Gasteiger partial charge in [-0.2, -0.15) is 0 Å². The Morgan fingerprint density at radius 2 is 1.00 bits per heavy atom. The van der Waals surface area contributed by atoms with Crippen molar-refractivity contribution in [3.05, 3.63) is 0 Å². The van der Waals surface area contributed by atoms with Crippen LogP contribution in [0.25, 0.3) is 0 Å². The van der Waals surface area contributed by atoms with Gasteiger partial charge in [-0.3, -0.25) is 0 Å². The summed E-state index contributed by atoms with van der Waals surface area (Å²) in [6.07, 6.45) is 9.22. The van der Waals surface area contributed by atoms with E-state index in [2.05, 4.69) is 37.5 Å². The van der Waals surface area contributed by atoms with Gasteiger partial charge in [0, 0.05) is 13.1 Å². The molecule has 154 valence electrons. The quantitative estimate of drug-likeness (QED) is 0.549. The molecule has 2 aliphatic rings. The van der Waals surface area contributed by atoms with Crippen LogP contribution in [0, 0.1) is 11.8 Å². The average Bonchev–Trinajstić information content (AvgIpc) is 2.61. The Balaban J connectivity index is 1.49. The number of ether oxygens (including phenoxy) is 2. The van der Waals surface area contributed by atoms with Crippen molar-refractivity contribution in [2.24, 2.45) is 11.8 Å². The highest BCUT2D eigenvalue weighted by Gasteiger charge is 2.23. The van der Waals surface area contributed by atoms with Gasteiger partial charge in [-0.25, -0.2) is 0 Å². The van der Waals surface area contributed by atoms with Crippen LogP contribution in [0.15, 0.2) is 0 Å². The first-order valence-electron chi connectivity index (χ1n) is 11.2. The van der Waals surface area contributed by atoms with E-state index in [-0.39, 0.29) is 0 Å². The van der Waals surface area contributed by atoms with Crippen LogP contribution < -0.4 is 0 Å². The predicted octanol–water partition coefficient (Wildman–Crippen LogP) is 4.04. The third kappa shape index (κ3) is 9.16. The van der Waals surface area contributed by atoms with Crippen molar-refractivity contribution in [1.82, 2.24) is 9.80 Å². The summed E-state index contributed by atoms with van der Waals surface area (Å²) >= 11 is 0. The molecule has 2 saturated heterocycles. The van der Waals surface area contributed by atoms with E-state index in [9.17, 15) is 0 Å². The molecule has 2 heterocycles. The summed E-state index contributed by atoms with van der Waals surface area (Å²) in [5.74, 6) is 1.93. The van der Waals surface area contributed by atoms with E-state index in [4.69, 9.17) is 9.47 Å². The Morgan fingerprint density at radius 3 is 1.31 bits per heavy atom. The molecule has 2 fully saturated rings. The number of hydrogen-bond donors (Lipinski definition) is 0. The molecule has 0 bridgehead atoms. The monoisotopic (exact) mass is 368 g/mol. The van der Waals surface area contributed by atoms with E-state index in [1.165, 1.54) is 64.7 Å². The molecule has 0 unspecified atom stereocenters. The zero-order chi connectivity index (χ0) is 18.8. The Kier molecular flexibility index (Phi) is 10.5. The number of hydrogen-bond acceptors (Lipinski definition) is 4. The first kappa shape index (κ1) is 22.1. The molecule has 2 rings (SSSR count). The number of likely N-dealkylation sites (tertiary alicyclic amines) is 2. The third-order valence-corrected chi connectivity index (χ3v) is 6.11. The van der Waals surface area contributed by atoms with Gasteiger partial charge in [-0.15, -0.1) is 0 Å². The molecule has 0 aliphatic carbocycles. The lowest BCUT2D eigenvalue weighted by Gasteiger charge is -2.35. The van der Waals surface area contributed by atoms with Crippen molar-refractivity contribution in [3.63, 3.8) is 0 Å². The zero-order valence-corrected chi connectivity index (χ0v) is 17.9. The van der Waals surface area contributed by atoms with E-state index >= 15 is 0 Å². The SMILES string of the molecule is CC(C)OCCN1CCC(CCC2CCN(CCOC(C)C)CC2)CC1. The van der Waals surface area contributed by atoms with Crippen molar-refractivity contribution in [2.75, 3.05) is 52.5 Å². The first-order chi connectivity index (χ1) is 12.5. The molecule has 0 atom stereocenters. The van der Waals surface area contributed by atoms with Crippen LogP contribution in [-0.4, -0.2) is 74.5 Å². The van der Waals surface area contributed by atoms with Crippen LogP contribution in [0.5, 0.6) is 0 Å². The lowest BCUT2D eigenvalue weighted by Crippen LogP contribution is -2.37. The van der Waals surface area contributed by atoms with Gasteiger partial charge in [-0.05, 0) is 91.4 Å². The fourth-order valence-electron chi connectivity index (χ4n) is 4.30. The first-order valence-corrected chi connectivity index (χ1v) is 11.2. The third-order valence-electron chi connectivity index (χ3n) is 6.11. The van der Waals surface area contributed by atoms with Gasteiger partial charge < -0.3 is 19.3 Å². The molecule has 4 heteroatoms. The van der Waals surface area contributed by atoms with E-state index in [0.29, 0.717) is 12.2 Å². The average molecular weight is 369 g/mol. The van der Waals surface area contributed by atoms with Crippen molar-refractivity contribution in [3.8, 4) is 0 Å². The molecule has 0 radical (unpaired) electrons. The van der Waals surface area contributed by atoms with Crippen LogP contribution in [0.2, 0.25) is 0 Å². The molecule has 0 saturated carbocycles. The summed E-state index contributed by atoms with van der Waals surface area (Å²) in [4.78, 5) is 5.19. The van der Waals surface area contributed by atoms with Gasteiger partial charge >= 0.3 is 0 Å². The Bertz CT molecular complexity index is 312. The van der Waals surface area contributed by atoms with Crippen LogP contribution in [0.1, 0.15) is 66.2 Å². The minimum atomic E-state index is 0.363. The maximum atomic E-state index is 5.69. The molecular formula is C22H44N2O2. The van der Waals surface area contributed by atoms with Crippen molar-refractivity contribution >= 4 is 0 Å². The highest BCUT2D eigenvalue weighted by Crippen LogP contribution is 2.28.